The van der Waals surface area contributed by atoms with Crippen molar-refractivity contribution >= 4 is 22.6 Å². The van der Waals surface area contributed by atoms with Crippen LogP contribution in [-0.4, -0.2) is 22.1 Å². The molecule has 1 aromatic heterocycles. The molecule has 0 amide bonds. The van der Waals surface area contributed by atoms with Gasteiger partial charge in [-0.05, 0) is 17.9 Å². The van der Waals surface area contributed by atoms with Gasteiger partial charge in [0, 0.05) is 17.6 Å². The number of hydrogen-bond donors (Lipinski definition) is 2. The summed E-state index contributed by atoms with van der Waals surface area (Å²) in [6.45, 7) is 2.05. The summed E-state index contributed by atoms with van der Waals surface area (Å²) >= 11 is 0. The van der Waals surface area contributed by atoms with Gasteiger partial charge in [0.15, 0.2) is 0 Å². The molecule has 0 saturated carbocycles. The highest BCUT2D eigenvalue weighted by atomic mass is 16.4. The van der Waals surface area contributed by atoms with Gasteiger partial charge < -0.3 is 10.4 Å². The molecule has 2 rings (SSSR count). The van der Waals surface area contributed by atoms with Gasteiger partial charge in [0.05, 0.1) is 6.42 Å². The number of anilines is 1. The third-order valence-corrected chi connectivity index (χ3v) is 3.07. The normalized spacial score (nSPS) is 12.3. The molecule has 1 heterocycles. The Kier molecular flexibility index (Phi) is 4.34. The summed E-state index contributed by atoms with van der Waals surface area (Å²) in [6.07, 6.45) is 3.61. The summed E-state index contributed by atoms with van der Waals surface area (Å²) in [5, 5.41) is 14.3. The van der Waals surface area contributed by atoms with Crippen LogP contribution in [0.25, 0.3) is 10.8 Å². The van der Waals surface area contributed by atoms with Crippen molar-refractivity contribution in [2.75, 3.05) is 5.32 Å². The summed E-state index contributed by atoms with van der Waals surface area (Å²) in [6, 6.07) is 9.82. The van der Waals surface area contributed by atoms with Crippen molar-refractivity contribution in [1.82, 2.24) is 4.98 Å². The van der Waals surface area contributed by atoms with Crippen LogP contribution in [0.15, 0.2) is 36.5 Å². The largest absolute Gasteiger partial charge is 0.481 e. The Morgan fingerprint density at radius 1 is 1.37 bits per heavy atom. The topological polar surface area (TPSA) is 62.2 Å². The third-order valence-electron chi connectivity index (χ3n) is 3.07. The first-order valence-electron chi connectivity index (χ1n) is 6.52. The fourth-order valence-electron chi connectivity index (χ4n) is 2.21. The van der Waals surface area contributed by atoms with E-state index in [9.17, 15) is 4.79 Å². The molecule has 0 bridgehead atoms. The molecule has 19 heavy (non-hydrogen) atoms. The average Bonchev–Trinajstić information content (AvgIpc) is 2.39. The second kappa shape index (κ2) is 6.18. The molecule has 0 saturated heterocycles. The lowest BCUT2D eigenvalue weighted by atomic mass is 10.1. The number of fused-ring (bicyclic) bond motifs is 1. The van der Waals surface area contributed by atoms with Gasteiger partial charge in [-0.1, -0.05) is 37.6 Å². The number of benzene rings is 1. The van der Waals surface area contributed by atoms with Gasteiger partial charge in [-0.2, -0.15) is 0 Å². The number of hydrogen-bond acceptors (Lipinski definition) is 3. The summed E-state index contributed by atoms with van der Waals surface area (Å²) in [5.41, 5.74) is 0. The Hall–Kier alpha value is -2.10. The van der Waals surface area contributed by atoms with Crippen molar-refractivity contribution in [2.45, 2.75) is 32.2 Å². The van der Waals surface area contributed by atoms with Crippen LogP contribution < -0.4 is 5.32 Å². The van der Waals surface area contributed by atoms with Gasteiger partial charge in [0.2, 0.25) is 0 Å². The van der Waals surface area contributed by atoms with Crippen LogP contribution in [0, 0.1) is 0 Å². The van der Waals surface area contributed by atoms with Gasteiger partial charge in [0.25, 0.3) is 0 Å². The number of carboxylic acid groups (broad SMARTS) is 1. The molecule has 0 aliphatic rings. The number of carbonyl (C=O) groups is 1. The molecular formula is C15H18N2O2. The highest BCUT2D eigenvalue weighted by molar-refractivity contribution is 5.91. The van der Waals surface area contributed by atoms with Crippen molar-refractivity contribution in [3.05, 3.63) is 36.5 Å². The Morgan fingerprint density at radius 2 is 2.16 bits per heavy atom. The Balaban J connectivity index is 2.25. The molecule has 100 valence electrons. The van der Waals surface area contributed by atoms with Crippen LogP contribution in [0.2, 0.25) is 0 Å². The quantitative estimate of drug-likeness (QED) is 0.834. The van der Waals surface area contributed by atoms with Crippen LogP contribution in [0.4, 0.5) is 5.82 Å². The molecule has 0 spiro atoms. The van der Waals surface area contributed by atoms with Crippen molar-refractivity contribution < 1.29 is 9.90 Å². The molecule has 1 atom stereocenters. The summed E-state index contributed by atoms with van der Waals surface area (Å²) in [4.78, 5) is 15.2. The summed E-state index contributed by atoms with van der Waals surface area (Å²) < 4.78 is 0. The number of nitrogens with zero attached hydrogens (tertiary/aromatic N) is 1. The van der Waals surface area contributed by atoms with Crippen molar-refractivity contribution in [3.63, 3.8) is 0 Å². The second-order valence-corrected chi connectivity index (χ2v) is 4.61. The molecule has 2 aromatic rings. The first kappa shape index (κ1) is 13.3. The smallest absolute Gasteiger partial charge is 0.305 e. The molecule has 0 aliphatic carbocycles. The van der Waals surface area contributed by atoms with E-state index in [0.717, 1.165) is 29.4 Å². The van der Waals surface area contributed by atoms with Crippen LogP contribution in [-0.2, 0) is 4.79 Å². The minimum absolute atomic E-state index is 0.0826. The fourth-order valence-corrected chi connectivity index (χ4v) is 2.21. The number of aromatic nitrogens is 1. The molecule has 4 heteroatoms. The number of nitrogens with one attached hydrogen (secondary N) is 1. The Bertz CT molecular complexity index is 564. The van der Waals surface area contributed by atoms with Crippen LogP contribution in [0.1, 0.15) is 26.2 Å². The maximum absolute atomic E-state index is 10.9. The van der Waals surface area contributed by atoms with Gasteiger partial charge in [-0.3, -0.25) is 4.79 Å². The average molecular weight is 258 g/mol. The van der Waals surface area contributed by atoms with Gasteiger partial charge in [0.1, 0.15) is 5.82 Å². The minimum Gasteiger partial charge on any atom is -0.481 e. The first-order valence-corrected chi connectivity index (χ1v) is 6.52. The maximum Gasteiger partial charge on any atom is 0.305 e. The lowest BCUT2D eigenvalue weighted by Gasteiger charge is -2.17. The number of pyridine rings is 1. The van der Waals surface area contributed by atoms with E-state index in [-0.39, 0.29) is 12.5 Å². The highest BCUT2D eigenvalue weighted by Gasteiger charge is 2.13. The molecule has 1 unspecified atom stereocenters. The van der Waals surface area contributed by atoms with E-state index in [1.807, 2.05) is 37.3 Å². The van der Waals surface area contributed by atoms with E-state index >= 15 is 0 Å². The lowest BCUT2D eigenvalue weighted by Crippen LogP contribution is -2.23. The van der Waals surface area contributed by atoms with Crippen LogP contribution in [0.5, 0.6) is 0 Å². The van der Waals surface area contributed by atoms with Crippen LogP contribution in [0.3, 0.4) is 0 Å². The van der Waals surface area contributed by atoms with E-state index < -0.39 is 5.97 Å². The minimum atomic E-state index is -0.786. The number of carboxylic acids is 1. The molecular weight excluding hydrogens is 240 g/mol. The number of aliphatic carboxylic acids is 1. The zero-order chi connectivity index (χ0) is 13.7. The van der Waals surface area contributed by atoms with E-state index in [1.54, 1.807) is 6.20 Å². The Labute approximate surface area is 112 Å². The van der Waals surface area contributed by atoms with E-state index in [1.165, 1.54) is 0 Å². The van der Waals surface area contributed by atoms with E-state index in [2.05, 4.69) is 10.3 Å². The van der Waals surface area contributed by atoms with E-state index in [4.69, 9.17) is 5.11 Å². The predicted octanol–water partition coefficient (Wildman–Crippen LogP) is 3.29. The first-order chi connectivity index (χ1) is 9.20. The summed E-state index contributed by atoms with van der Waals surface area (Å²) in [5.74, 6) is -0.0241. The van der Waals surface area contributed by atoms with Gasteiger partial charge in [-0.25, -0.2) is 4.98 Å². The SMILES string of the molecule is CCCC(CC(=O)O)Nc1nccc2ccccc12. The summed E-state index contributed by atoms with van der Waals surface area (Å²) in [7, 11) is 0. The Morgan fingerprint density at radius 3 is 2.89 bits per heavy atom. The molecule has 2 N–H and O–H groups in total. The standard InChI is InChI=1S/C15H18N2O2/c1-2-5-12(10-14(18)19)17-15-13-7-4-3-6-11(13)8-9-16-15/h3-4,6-9,12H,2,5,10H2,1H3,(H,16,17)(H,18,19). The van der Waals surface area contributed by atoms with Crippen molar-refractivity contribution in [2.24, 2.45) is 0 Å². The number of rotatable bonds is 6. The lowest BCUT2D eigenvalue weighted by molar-refractivity contribution is -0.137. The van der Waals surface area contributed by atoms with Gasteiger partial charge >= 0.3 is 5.97 Å². The van der Waals surface area contributed by atoms with Crippen molar-refractivity contribution in [1.29, 1.82) is 0 Å². The fraction of sp³-hybridized carbons (Fsp3) is 0.333. The molecule has 1 aromatic carbocycles. The monoisotopic (exact) mass is 258 g/mol. The zero-order valence-corrected chi connectivity index (χ0v) is 11.0. The second-order valence-electron chi connectivity index (χ2n) is 4.61. The van der Waals surface area contributed by atoms with Crippen LogP contribution >= 0.6 is 0 Å². The van der Waals surface area contributed by atoms with Gasteiger partial charge in [-0.15, -0.1) is 0 Å². The maximum atomic E-state index is 10.9. The van der Waals surface area contributed by atoms with E-state index in [0.29, 0.717) is 0 Å². The zero-order valence-electron chi connectivity index (χ0n) is 11.0. The molecule has 0 aliphatic heterocycles. The predicted molar refractivity (Wildman–Crippen MR) is 76.3 cm³/mol. The third kappa shape index (κ3) is 3.44. The molecule has 4 nitrogen and oxygen atoms in total. The highest BCUT2D eigenvalue weighted by Crippen LogP contribution is 2.22. The van der Waals surface area contributed by atoms with Crippen molar-refractivity contribution in [3.8, 4) is 0 Å². The molecule has 0 fully saturated rings. The molecule has 0 radical (unpaired) electrons.